The van der Waals surface area contributed by atoms with Gasteiger partial charge >= 0.3 is 0 Å². The molecule has 0 aliphatic heterocycles. The highest BCUT2D eigenvalue weighted by Gasteiger charge is 2.15. The van der Waals surface area contributed by atoms with E-state index in [1.54, 1.807) is 0 Å². The van der Waals surface area contributed by atoms with Crippen LogP contribution in [0.3, 0.4) is 0 Å². The number of hydrogen-bond acceptors (Lipinski definition) is 2. The second kappa shape index (κ2) is 4.33. The Kier molecular flexibility index (Phi) is 3.37. The van der Waals surface area contributed by atoms with Crippen molar-refractivity contribution in [1.29, 1.82) is 0 Å². The highest BCUT2D eigenvalue weighted by Crippen LogP contribution is 2.23. The van der Waals surface area contributed by atoms with Crippen LogP contribution in [-0.2, 0) is 0 Å². The Labute approximate surface area is 77.4 Å². The molecule has 3 heteroatoms. The second-order valence-corrected chi connectivity index (χ2v) is 3.27. The van der Waals surface area contributed by atoms with Crippen molar-refractivity contribution in [2.75, 3.05) is 0 Å². The lowest BCUT2D eigenvalue weighted by molar-refractivity contribution is 0.115. The molecular weight excluding hydrogens is 169 g/mol. The van der Waals surface area contributed by atoms with Gasteiger partial charge < -0.3 is 5.11 Å². The topological polar surface area (TPSA) is 33.1 Å². The molecule has 2 atom stereocenters. The number of aliphatic hydroxyl groups excluding tert-OH is 1. The highest BCUT2D eigenvalue weighted by molar-refractivity contribution is 5.13. The normalized spacial score (nSPS) is 15.4. The van der Waals surface area contributed by atoms with Crippen LogP contribution in [0.2, 0.25) is 0 Å². The summed E-state index contributed by atoms with van der Waals surface area (Å²) in [5.74, 6) is -0.275. The summed E-state index contributed by atoms with van der Waals surface area (Å²) in [6, 6.07) is 1.32. The van der Waals surface area contributed by atoms with E-state index in [0.717, 1.165) is 12.6 Å². The van der Waals surface area contributed by atoms with E-state index in [1.165, 1.54) is 12.3 Å². The summed E-state index contributed by atoms with van der Waals surface area (Å²) in [7, 11) is 0. The standard InChI is InChI=1S/C10H14FNO/c1-3-7(2)10(13)8-4-9(11)6-12-5-8/h4-7,10,13H,3H2,1-2H3. The van der Waals surface area contributed by atoms with Crippen LogP contribution in [0.5, 0.6) is 0 Å². The van der Waals surface area contributed by atoms with Gasteiger partial charge in [-0.2, -0.15) is 0 Å². The summed E-state index contributed by atoms with van der Waals surface area (Å²) in [5.41, 5.74) is 0.550. The molecule has 1 aromatic heterocycles. The molecule has 72 valence electrons. The molecule has 1 heterocycles. The van der Waals surface area contributed by atoms with E-state index in [9.17, 15) is 9.50 Å². The van der Waals surface area contributed by atoms with Crippen molar-refractivity contribution in [2.24, 2.45) is 5.92 Å². The molecule has 2 unspecified atom stereocenters. The zero-order valence-corrected chi connectivity index (χ0v) is 7.87. The van der Waals surface area contributed by atoms with Crippen molar-refractivity contribution in [3.05, 3.63) is 29.8 Å². The van der Waals surface area contributed by atoms with Crippen molar-refractivity contribution in [3.8, 4) is 0 Å². The summed E-state index contributed by atoms with van der Waals surface area (Å²) >= 11 is 0. The number of aliphatic hydroxyl groups is 1. The van der Waals surface area contributed by atoms with Gasteiger partial charge in [0.15, 0.2) is 0 Å². The van der Waals surface area contributed by atoms with E-state index in [1.807, 2.05) is 13.8 Å². The van der Waals surface area contributed by atoms with Crippen LogP contribution >= 0.6 is 0 Å². The Balaban J connectivity index is 2.82. The lowest BCUT2D eigenvalue weighted by atomic mass is 9.96. The predicted molar refractivity (Wildman–Crippen MR) is 48.6 cm³/mol. The summed E-state index contributed by atoms with van der Waals surface area (Å²) < 4.78 is 12.7. The monoisotopic (exact) mass is 183 g/mol. The fourth-order valence-electron chi connectivity index (χ4n) is 1.14. The van der Waals surface area contributed by atoms with Gasteiger partial charge in [-0.15, -0.1) is 0 Å². The molecule has 0 aliphatic carbocycles. The minimum atomic E-state index is -0.617. The second-order valence-electron chi connectivity index (χ2n) is 3.27. The van der Waals surface area contributed by atoms with E-state index in [0.29, 0.717) is 5.56 Å². The van der Waals surface area contributed by atoms with Crippen LogP contribution < -0.4 is 0 Å². The first-order valence-electron chi connectivity index (χ1n) is 4.43. The number of halogens is 1. The predicted octanol–water partition coefficient (Wildman–Crippen LogP) is 2.30. The van der Waals surface area contributed by atoms with Gasteiger partial charge in [-0.3, -0.25) is 4.98 Å². The van der Waals surface area contributed by atoms with Gasteiger partial charge in [-0.1, -0.05) is 20.3 Å². The van der Waals surface area contributed by atoms with Crippen molar-refractivity contribution >= 4 is 0 Å². The van der Waals surface area contributed by atoms with Crippen molar-refractivity contribution in [2.45, 2.75) is 26.4 Å². The molecule has 2 nitrogen and oxygen atoms in total. The summed E-state index contributed by atoms with van der Waals surface area (Å²) in [6.45, 7) is 3.91. The van der Waals surface area contributed by atoms with E-state index >= 15 is 0 Å². The van der Waals surface area contributed by atoms with Gasteiger partial charge in [-0.05, 0) is 12.0 Å². The number of hydrogen-bond donors (Lipinski definition) is 1. The third kappa shape index (κ3) is 2.49. The van der Waals surface area contributed by atoms with Crippen LogP contribution in [-0.4, -0.2) is 10.1 Å². The van der Waals surface area contributed by atoms with E-state index in [2.05, 4.69) is 4.98 Å². The van der Waals surface area contributed by atoms with Crippen LogP contribution in [0.1, 0.15) is 31.9 Å². The lowest BCUT2D eigenvalue weighted by Gasteiger charge is -2.16. The number of rotatable bonds is 3. The quantitative estimate of drug-likeness (QED) is 0.780. The van der Waals surface area contributed by atoms with E-state index in [4.69, 9.17) is 0 Å². The summed E-state index contributed by atoms with van der Waals surface area (Å²) in [5, 5.41) is 9.71. The Morgan fingerprint density at radius 2 is 2.23 bits per heavy atom. The van der Waals surface area contributed by atoms with Crippen LogP contribution in [0.15, 0.2) is 18.5 Å². The van der Waals surface area contributed by atoms with E-state index in [-0.39, 0.29) is 5.92 Å². The fraction of sp³-hybridized carbons (Fsp3) is 0.500. The maximum atomic E-state index is 12.7. The fourth-order valence-corrected chi connectivity index (χ4v) is 1.14. The molecule has 0 saturated carbocycles. The molecular formula is C10H14FNO. The maximum Gasteiger partial charge on any atom is 0.141 e. The van der Waals surface area contributed by atoms with Gasteiger partial charge in [0.25, 0.3) is 0 Å². The molecule has 0 spiro atoms. The molecule has 0 saturated heterocycles. The molecule has 13 heavy (non-hydrogen) atoms. The SMILES string of the molecule is CCC(C)C(O)c1cncc(F)c1. The number of aromatic nitrogens is 1. The zero-order chi connectivity index (χ0) is 9.84. The first-order valence-corrected chi connectivity index (χ1v) is 4.43. The molecule has 0 amide bonds. The molecule has 1 aromatic rings. The van der Waals surface area contributed by atoms with Crippen molar-refractivity contribution in [1.82, 2.24) is 4.98 Å². The Morgan fingerprint density at radius 3 is 2.77 bits per heavy atom. The first-order chi connectivity index (χ1) is 6.15. The largest absolute Gasteiger partial charge is 0.388 e. The minimum Gasteiger partial charge on any atom is -0.388 e. The van der Waals surface area contributed by atoms with Gasteiger partial charge in [0.05, 0.1) is 12.3 Å². The molecule has 0 aromatic carbocycles. The average Bonchev–Trinajstić information content (AvgIpc) is 2.15. The van der Waals surface area contributed by atoms with Crippen LogP contribution in [0, 0.1) is 11.7 Å². The third-order valence-electron chi connectivity index (χ3n) is 2.25. The smallest absolute Gasteiger partial charge is 0.141 e. The van der Waals surface area contributed by atoms with Gasteiger partial charge in [0.1, 0.15) is 5.82 Å². The van der Waals surface area contributed by atoms with Crippen LogP contribution in [0.4, 0.5) is 4.39 Å². The average molecular weight is 183 g/mol. The Hall–Kier alpha value is -0.960. The van der Waals surface area contributed by atoms with Crippen molar-refractivity contribution in [3.63, 3.8) is 0 Å². The van der Waals surface area contributed by atoms with Gasteiger partial charge in [0.2, 0.25) is 0 Å². The molecule has 1 N–H and O–H groups in total. The Morgan fingerprint density at radius 1 is 1.54 bits per heavy atom. The van der Waals surface area contributed by atoms with Crippen LogP contribution in [0.25, 0.3) is 0 Å². The summed E-state index contributed by atoms with van der Waals surface area (Å²) in [4.78, 5) is 3.69. The lowest BCUT2D eigenvalue weighted by Crippen LogP contribution is -2.08. The van der Waals surface area contributed by atoms with Crippen molar-refractivity contribution < 1.29 is 9.50 Å². The highest BCUT2D eigenvalue weighted by atomic mass is 19.1. The van der Waals surface area contributed by atoms with E-state index < -0.39 is 11.9 Å². The minimum absolute atomic E-state index is 0.128. The zero-order valence-electron chi connectivity index (χ0n) is 7.87. The Bertz CT molecular complexity index is 277. The molecule has 1 rings (SSSR count). The maximum absolute atomic E-state index is 12.7. The van der Waals surface area contributed by atoms with Gasteiger partial charge in [-0.25, -0.2) is 4.39 Å². The third-order valence-corrected chi connectivity index (χ3v) is 2.25. The molecule has 0 radical (unpaired) electrons. The molecule has 0 aliphatic rings. The molecule has 0 fully saturated rings. The van der Waals surface area contributed by atoms with Gasteiger partial charge in [0, 0.05) is 11.8 Å². The first kappa shape index (κ1) is 10.1. The number of pyridine rings is 1. The summed E-state index contributed by atoms with van der Waals surface area (Å²) in [6.07, 6.45) is 2.87. The number of nitrogens with zero attached hydrogens (tertiary/aromatic N) is 1. The molecule has 0 bridgehead atoms.